The summed E-state index contributed by atoms with van der Waals surface area (Å²) in [7, 11) is -3.79. The van der Waals surface area contributed by atoms with E-state index in [2.05, 4.69) is 9.68 Å². The van der Waals surface area contributed by atoms with Gasteiger partial charge in [-0.3, -0.25) is 0 Å². The van der Waals surface area contributed by atoms with Gasteiger partial charge in [0.15, 0.2) is 0 Å². The molecule has 112 valence electrons. The minimum absolute atomic E-state index is 0.0469. The predicted octanol–water partition coefficient (Wildman–Crippen LogP) is 2.80. The fourth-order valence-corrected chi connectivity index (χ4v) is 2.64. The summed E-state index contributed by atoms with van der Waals surface area (Å²) < 4.78 is 41.1. The molecule has 3 rings (SSSR count). The zero-order valence-corrected chi connectivity index (χ0v) is 12.0. The lowest BCUT2D eigenvalue weighted by Crippen LogP contribution is -2.11. The maximum absolute atomic E-state index is 13.9. The molecule has 22 heavy (non-hydrogen) atoms. The highest BCUT2D eigenvalue weighted by Crippen LogP contribution is 2.33. The summed E-state index contributed by atoms with van der Waals surface area (Å²) >= 11 is 0. The van der Waals surface area contributed by atoms with Crippen molar-refractivity contribution in [3.63, 3.8) is 0 Å². The van der Waals surface area contributed by atoms with Crippen LogP contribution in [0.4, 0.5) is 4.39 Å². The van der Waals surface area contributed by atoms with Crippen molar-refractivity contribution >= 4 is 10.0 Å². The Morgan fingerprint density at radius 1 is 0.955 bits per heavy atom. The van der Waals surface area contributed by atoms with Crippen LogP contribution in [0.3, 0.4) is 0 Å². The third-order valence-corrected chi connectivity index (χ3v) is 4.10. The number of nitrogens with two attached hydrogens (primary N) is 1. The summed E-state index contributed by atoms with van der Waals surface area (Å²) in [6.07, 6.45) is 0. The largest absolute Gasteiger partial charge is 0.325 e. The maximum Gasteiger partial charge on any atom is 0.314 e. The summed E-state index contributed by atoms with van der Waals surface area (Å²) in [6.45, 7) is 0. The molecule has 0 aliphatic rings. The first-order valence-corrected chi connectivity index (χ1v) is 7.85. The normalized spacial score (nSPS) is 11.5. The highest BCUT2D eigenvalue weighted by atomic mass is 32.2. The van der Waals surface area contributed by atoms with Crippen LogP contribution in [0.2, 0.25) is 0 Å². The molecule has 0 fully saturated rings. The molecule has 0 spiro atoms. The molecule has 0 atom stereocenters. The Morgan fingerprint density at radius 3 is 2.18 bits per heavy atom. The van der Waals surface area contributed by atoms with Gasteiger partial charge in [-0.15, -0.1) is 0 Å². The Morgan fingerprint density at radius 2 is 1.59 bits per heavy atom. The smallest absolute Gasteiger partial charge is 0.314 e. The van der Waals surface area contributed by atoms with E-state index in [1.54, 1.807) is 24.3 Å². The zero-order chi connectivity index (χ0) is 15.7. The van der Waals surface area contributed by atoms with Gasteiger partial charge in [0.25, 0.3) is 0 Å². The molecule has 2 N–H and O–H groups in total. The van der Waals surface area contributed by atoms with Gasteiger partial charge in [-0.1, -0.05) is 47.6 Å². The summed E-state index contributed by atoms with van der Waals surface area (Å²) in [5.41, 5.74) is 1.67. The quantitative estimate of drug-likeness (QED) is 0.804. The number of hydrogen-bond acceptors (Lipinski definition) is 4. The van der Waals surface area contributed by atoms with Crippen LogP contribution < -0.4 is 5.14 Å². The van der Waals surface area contributed by atoms with Gasteiger partial charge in [0.2, 0.25) is 10.0 Å². The lowest BCUT2D eigenvalue weighted by molar-refractivity contribution is 0.284. The van der Waals surface area contributed by atoms with Gasteiger partial charge in [0, 0.05) is 5.56 Å². The first kappa shape index (κ1) is 14.4. The van der Waals surface area contributed by atoms with Crippen molar-refractivity contribution in [3.8, 4) is 22.4 Å². The Hall–Kier alpha value is -2.51. The second-order valence-electron chi connectivity index (χ2n) is 4.62. The van der Waals surface area contributed by atoms with E-state index in [0.717, 1.165) is 0 Å². The molecular formula is C15H11FN2O3S. The van der Waals surface area contributed by atoms with Gasteiger partial charge < -0.3 is 4.52 Å². The molecule has 0 saturated carbocycles. The van der Waals surface area contributed by atoms with Crippen LogP contribution in [0.25, 0.3) is 22.4 Å². The van der Waals surface area contributed by atoms with Gasteiger partial charge >= 0.3 is 6.01 Å². The number of primary sulfonamides is 1. The van der Waals surface area contributed by atoms with E-state index < -0.39 is 16.0 Å². The molecule has 0 radical (unpaired) electrons. The van der Waals surface area contributed by atoms with E-state index in [9.17, 15) is 12.8 Å². The number of sulfonamides is 1. The molecule has 0 aliphatic heterocycles. The van der Waals surface area contributed by atoms with Crippen LogP contribution in [-0.4, -0.2) is 13.6 Å². The highest BCUT2D eigenvalue weighted by Gasteiger charge is 2.19. The molecule has 1 heterocycles. The van der Waals surface area contributed by atoms with Gasteiger partial charge in [0.1, 0.15) is 5.69 Å². The monoisotopic (exact) mass is 318 g/mol. The number of hydrogen-bond donors (Lipinski definition) is 1. The van der Waals surface area contributed by atoms with Crippen molar-refractivity contribution in [1.29, 1.82) is 0 Å². The van der Waals surface area contributed by atoms with Crippen molar-refractivity contribution in [2.75, 3.05) is 0 Å². The first-order valence-electron chi connectivity index (χ1n) is 6.30. The van der Waals surface area contributed by atoms with E-state index in [-0.39, 0.29) is 10.5 Å². The molecule has 2 aromatic carbocycles. The minimum atomic E-state index is -3.79. The molecule has 0 saturated heterocycles. The SMILES string of the molecule is NS(=O)(=O)c1ccc(-c2c(-c3ccccc3)noc2F)cc1. The topological polar surface area (TPSA) is 86.2 Å². The number of halogens is 1. The van der Waals surface area contributed by atoms with Crippen LogP contribution in [0.15, 0.2) is 64.0 Å². The van der Waals surface area contributed by atoms with Crippen LogP contribution >= 0.6 is 0 Å². The number of benzene rings is 2. The molecule has 0 bridgehead atoms. The molecule has 3 aromatic rings. The fraction of sp³-hybridized carbons (Fsp3) is 0. The van der Waals surface area contributed by atoms with E-state index in [1.807, 2.05) is 6.07 Å². The van der Waals surface area contributed by atoms with E-state index in [1.165, 1.54) is 24.3 Å². The minimum Gasteiger partial charge on any atom is -0.325 e. The van der Waals surface area contributed by atoms with Gasteiger partial charge in [-0.25, -0.2) is 13.6 Å². The molecule has 0 unspecified atom stereocenters. The average Bonchev–Trinajstić information content (AvgIpc) is 2.89. The summed E-state index contributed by atoms with van der Waals surface area (Å²) in [4.78, 5) is -0.0469. The molecular weight excluding hydrogens is 307 g/mol. The van der Waals surface area contributed by atoms with Crippen molar-refractivity contribution < 1.29 is 17.3 Å². The Labute approximate surface area is 126 Å². The lowest BCUT2D eigenvalue weighted by Gasteiger charge is -2.03. The van der Waals surface area contributed by atoms with Crippen molar-refractivity contribution in [2.45, 2.75) is 4.90 Å². The Kier molecular flexibility index (Phi) is 3.51. The number of rotatable bonds is 3. The number of nitrogens with zero attached hydrogens (tertiary/aromatic N) is 1. The summed E-state index contributed by atoms with van der Waals surface area (Å²) in [6, 6.07) is 13.7. The van der Waals surface area contributed by atoms with Gasteiger partial charge in [0.05, 0.1) is 10.5 Å². The molecule has 5 nitrogen and oxygen atoms in total. The second kappa shape index (κ2) is 5.36. The molecule has 0 aliphatic carbocycles. The third kappa shape index (κ3) is 2.63. The van der Waals surface area contributed by atoms with Crippen molar-refractivity contribution in [1.82, 2.24) is 5.16 Å². The Balaban J connectivity index is 2.12. The standard InChI is InChI=1S/C15H11FN2O3S/c16-15-13(10-6-8-12(9-7-10)22(17,19)20)14(18-21-15)11-4-2-1-3-5-11/h1-9H,(H2,17,19,20). The summed E-state index contributed by atoms with van der Waals surface area (Å²) in [5, 5.41) is 8.78. The van der Waals surface area contributed by atoms with E-state index in [4.69, 9.17) is 5.14 Å². The van der Waals surface area contributed by atoms with Gasteiger partial charge in [-0.2, -0.15) is 4.39 Å². The third-order valence-electron chi connectivity index (χ3n) is 3.17. The molecule has 1 aromatic heterocycles. The lowest BCUT2D eigenvalue weighted by atomic mass is 10.0. The van der Waals surface area contributed by atoms with Crippen LogP contribution in [0.1, 0.15) is 0 Å². The Bertz CT molecular complexity index is 904. The number of aromatic nitrogens is 1. The van der Waals surface area contributed by atoms with Crippen molar-refractivity contribution in [2.24, 2.45) is 5.14 Å². The van der Waals surface area contributed by atoms with Crippen LogP contribution in [0.5, 0.6) is 0 Å². The second-order valence-corrected chi connectivity index (χ2v) is 6.18. The first-order chi connectivity index (χ1) is 10.5. The highest BCUT2D eigenvalue weighted by molar-refractivity contribution is 7.89. The predicted molar refractivity (Wildman–Crippen MR) is 78.7 cm³/mol. The van der Waals surface area contributed by atoms with Crippen LogP contribution in [0, 0.1) is 6.01 Å². The molecule has 7 heteroatoms. The van der Waals surface area contributed by atoms with Crippen LogP contribution in [-0.2, 0) is 10.0 Å². The van der Waals surface area contributed by atoms with E-state index in [0.29, 0.717) is 16.8 Å². The average molecular weight is 318 g/mol. The van der Waals surface area contributed by atoms with Gasteiger partial charge in [-0.05, 0) is 17.7 Å². The summed E-state index contributed by atoms with van der Waals surface area (Å²) in [5.74, 6) is 0. The maximum atomic E-state index is 13.9. The zero-order valence-electron chi connectivity index (χ0n) is 11.2. The van der Waals surface area contributed by atoms with Crippen molar-refractivity contribution in [3.05, 3.63) is 60.6 Å². The fourth-order valence-electron chi connectivity index (χ4n) is 2.12. The van der Waals surface area contributed by atoms with E-state index >= 15 is 0 Å². The molecule has 0 amide bonds.